The summed E-state index contributed by atoms with van der Waals surface area (Å²) in [6.07, 6.45) is 0. The van der Waals surface area contributed by atoms with Crippen LogP contribution in [0.4, 0.5) is 5.69 Å². The molecule has 0 unspecified atom stereocenters. The van der Waals surface area contributed by atoms with Gasteiger partial charge in [0.1, 0.15) is 11.5 Å². The van der Waals surface area contributed by atoms with E-state index in [4.69, 9.17) is 10.5 Å². The zero-order valence-corrected chi connectivity index (χ0v) is 11.1. The average molecular weight is 325 g/mol. The van der Waals surface area contributed by atoms with Crippen molar-refractivity contribution in [2.24, 2.45) is 0 Å². The maximum atomic E-state index is 5.76. The maximum absolute atomic E-state index is 5.76. The zero-order valence-electron chi connectivity index (χ0n) is 8.91. The third kappa shape index (κ3) is 2.88. The second kappa shape index (κ2) is 4.74. The number of aryl methyl sites for hydroxylation is 1. The van der Waals surface area contributed by atoms with Crippen LogP contribution < -0.4 is 10.5 Å². The molecule has 2 aromatic carbocycles. The minimum Gasteiger partial charge on any atom is -0.457 e. The van der Waals surface area contributed by atoms with E-state index in [1.165, 1.54) is 0 Å². The van der Waals surface area contributed by atoms with E-state index in [0.717, 1.165) is 26.3 Å². The molecule has 0 fully saturated rings. The molecule has 0 heterocycles. The summed E-state index contributed by atoms with van der Waals surface area (Å²) in [6, 6.07) is 13.6. The largest absolute Gasteiger partial charge is 0.457 e. The van der Waals surface area contributed by atoms with E-state index in [1.54, 1.807) is 0 Å². The Kier molecular flexibility index (Phi) is 3.33. The molecule has 0 aliphatic rings. The molecular weight excluding hydrogens is 313 g/mol. The molecule has 0 saturated heterocycles. The maximum Gasteiger partial charge on any atom is 0.129 e. The molecule has 82 valence electrons. The van der Waals surface area contributed by atoms with Gasteiger partial charge < -0.3 is 10.5 Å². The Morgan fingerprint density at radius 1 is 1.06 bits per heavy atom. The number of halogens is 1. The quantitative estimate of drug-likeness (QED) is 0.670. The first-order valence-corrected chi connectivity index (χ1v) is 6.02. The van der Waals surface area contributed by atoms with Crippen LogP contribution in [0.2, 0.25) is 0 Å². The summed E-state index contributed by atoms with van der Waals surface area (Å²) in [5.74, 6) is 1.61. The first-order chi connectivity index (χ1) is 7.63. The number of nitrogens with two attached hydrogens (primary N) is 1. The van der Waals surface area contributed by atoms with E-state index in [-0.39, 0.29) is 0 Å². The summed E-state index contributed by atoms with van der Waals surface area (Å²) in [7, 11) is 0. The van der Waals surface area contributed by atoms with Crippen LogP contribution in [0.15, 0.2) is 42.5 Å². The van der Waals surface area contributed by atoms with Crippen molar-refractivity contribution in [2.75, 3.05) is 5.73 Å². The molecular formula is C13H12INO. The van der Waals surface area contributed by atoms with Crippen LogP contribution in [0.25, 0.3) is 0 Å². The molecule has 2 rings (SSSR count). The van der Waals surface area contributed by atoms with Crippen molar-refractivity contribution in [3.05, 3.63) is 51.6 Å². The van der Waals surface area contributed by atoms with Crippen LogP contribution in [-0.4, -0.2) is 0 Å². The van der Waals surface area contributed by atoms with Crippen molar-refractivity contribution < 1.29 is 4.74 Å². The molecule has 0 spiro atoms. The third-order valence-corrected chi connectivity index (χ3v) is 2.78. The van der Waals surface area contributed by atoms with Gasteiger partial charge in [0.2, 0.25) is 0 Å². The van der Waals surface area contributed by atoms with Crippen molar-refractivity contribution in [3.8, 4) is 11.5 Å². The summed E-state index contributed by atoms with van der Waals surface area (Å²) in [6.45, 7) is 2.00. The van der Waals surface area contributed by atoms with Crippen LogP contribution in [0.5, 0.6) is 11.5 Å². The van der Waals surface area contributed by atoms with Crippen molar-refractivity contribution >= 4 is 28.3 Å². The Balaban J connectivity index is 2.27. The van der Waals surface area contributed by atoms with E-state index >= 15 is 0 Å². The van der Waals surface area contributed by atoms with Crippen molar-refractivity contribution in [2.45, 2.75) is 6.92 Å². The third-order valence-electron chi connectivity index (χ3n) is 2.10. The van der Waals surface area contributed by atoms with Gasteiger partial charge in [-0.1, -0.05) is 6.07 Å². The Morgan fingerprint density at radius 3 is 2.56 bits per heavy atom. The molecule has 2 nitrogen and oxygen atoms in total. The highest BCUT2D eigenvalue weighted by Gasteiger charge is 2.00. The lowest BCUT2D eigenvalue weighted by molar-refractivity contribution is 0.482. The van der Waals surface area contributed by atoms with Crippen LogP contribution in [0.1, 0.15) is 5.56 Å². The van der Waals surface area contributed by atoms with Gasteiger partial charge in [-0.25, -0.2) is 0 Å². The Morgan fingerprint density at radius 2 is 1.88 bits per heavy atom. The van der Waals surface area contributed by atoms with Crippen LogP contribution >= 0.6 is 22.6 Å². The van der Waals surface area contributed by atoms with E-state index < -0.39 is 0 Å². The highest BCUT2D eigenvalue weighted by atomic mass is 127. The molecule has 2 N–H and O–H groups in total. The second-order valence-electron chi connectivity index (χ2n) is 3.64. The number of hydrogen-bond acceptors (Lipinski definition) is 2. The summed E-state index contributed by atoms with van der Waals surface area (Å²) in [4.78, 5) is 0. The van der Waals surface area contributed by atoms with Crippen LogP contribution in [0.3, 0.4) is 0 Å². The van der Waals surface area contributed by atoms with Gasteiger partial charge in [-0.3, -0.25) is 0 Å². The molecule has 0 aliphatic carbocycles. The predicted octanol–water partition coefficient (Wildman–Crippen LogP) is 3.97. The standard InChI is InChI=1S/C13H12INO/c1-9-5-11(15)8-13(6-9)16-12-4-2-3-10(14)7-12/h2-8H,15H2,1H3. The fraction of sp³-hybridized carbons (Fsp3) is 0.0769. The van der Waals surface area contributed by atoms with Gasteiger partial charge in [-0.15, -0.1) is 0 Å². The Bertz CT molecular complexity index is 491. The summed E-state index contributed by atoms with van der Waals surface area (Å²) < 4.78 is 6.88. The van der Waals surface area contributed by atoms with E-state index in [2.05, 4.69) is 22.6 Å². The lowest BCUT2D eigenvalue weighted by Gasteiger charge is -2.07. The van der Waals surface area contributed by atoms with Gasteiger partial charge in [0, 0.05) is 15.3 Å². The summed E-state index contributed by atoms with van der Waals surface area (Å²) in [5.41, 5.74) is 7.58. The number of hydrogen-bond donors (Lipinski definition) is 1. The second-order valence-corrected chi connectivity index (χ2v) is 4.88. The van der Waals surface area contributed by atoms with Crippen molar-refractivity contribution in [1.29, 1.82) is 0 Å². The predicted molar refractivity (Wildman–Crippen MR) is 74.8 cm³/mol. The monoisotopic (exact) mass is 325 g/mol. The zero-order chi connectivity index (χ0) is 11.5. The summed E-state index contributed by atoms with van der Waals surface area (Å²) >= 11 is 2.26. The van der Waals surface area contributed by atoms with E-state index in [9.17, 15) is 0 Å². The van der Waals surface area contributed by atoms with Gasteiger partial charge in [0.15, 0.2) is 0 Å². The normalized spacial score (nSPS) is 10.1. The van der Waals surface area contributed by atoms with Gasteiger partial charge in [0.25, 0.3) is 0 Å². The molecule has 0 saturated carbocycles. The van der Waals surface area contributed by atoms with Gasteiger partial charge in [0.05, 0.1) is 0 Å². The smallest absolute Gasteiger partial charge is 0.129 e. The number of rotatable bonds is 2. The molecule has 0 amide bonds. The molecule has 0 aliphatic heterocycles. The number of benzene rings is 2. The topological polar surface area (TPSA) is 35.2 Å². The average Bonchev–Trinajstić information content (AvgIpc) is 2.15. The fourth-order valence-electron chi connectivity index (χ4n) is 1.50. The summed E-state index contributed by atoms with van der Waals surface area (Å²) in [5, 5.41) is 0. The minimum absolute atomic E-state index is 0.723. The Hall–Kier alpha value is -1.23. The first-order valence-electron chi connectivity index (χ1n) is 4.94. The van der Waals surface area contributed by atoms with Crippen molar-refractivity contribution in [3.63, 3.8) is 0 Å². The van der Waals surface area contributed by atoms with E-state index in [0.29, 0.717) is 0 Å². The minimum atomic E-state index is 0.723. The molecule has 0 radical (unpaired) electrons. The van der Waals surface area contributed by atoms with Gasteiger partial charge >= 0.3 is 0 Å². The number of anilines is 1. The number of ether oxygens (including phenoxy) is 1. The van der Waals surface area contributed by atoms with Gasteiger partial charge in [-0.05, 0) is 65.4 Å². The van der Waals surface area contributed by atoms with Crippen molar-refractivity contribution in [1.82, 2.24) is 0 Å². The molecule has 16 heavy (non-hydrogen) atoms. The fourth-order valence-corrected chi connectivity index (χ4v) is 2.02. The lowest BCUT2D eigenvalue weighted by atomic mass is 10.2. The highest BCUT2D eigenvalue weighted by molar-refractivity contribution is 14.1. The van der Waals surface area contributed by atoms with Crippen LogP contribution in [0, 0.1) is 10.5 Å². The molecule has 0 bridgehead atoms. The van der Waals surface area contributed by atoms with Crippen LogP contribution in [-0.2, 0) is 0 Å². The molecule has 0 aromatic heterocycles. The number of nitrogen functional groups attached to an aromatic ring is 1. The van der Waals surface area contributed by atoms with Gasteiger partial charge in [-0.2, -0.15) is 0 Å². The highest BCUT2D eigenvalue weighted by Crippen LogP contribution is 2.25. The first kappa shape index (κ1) is 11.3. The SMILES string of the molecule is Cc1cc(N)cc(Oc2cccc(I)c2)c1. The lowest BCUT2D eigenvalue weighted by Crippen LogP contribution is -1.89. The van der Waals surface area contributed by atoms with E-state index in [1.807, 2.05) is 49.4 Å². The Labute approximate surface area is 109 Å². The molecule has 0 atom stereocenters. The molecule has 3 heteroatoms. The molecule has 2 aromatic rings.